The summed E-state index contributed by atoms with van der Waals surface area (Å²) in [6, 6.07) is 8.69. The van der Waals surface area contributed by atoms with E-state index in [4.69, 9.17) is 4.74 Å². The third-order valence-electron chi connectivity index (χ3n) is 5.53. The molecular weight excluding hydrogens is 408 g/mol. The van der Waals surface area contributed by atoms with Crippen LogP contribution in [0.2, 0.25) is 0 Å². The van der Waals surface area contributed by atoms with Gasteiger partial charge in [0.1, 0.15) is 5.01 Å². The highest BCUT2D eigenvalue weighted by molar-refractivity contribution is 7.13. The summed E-state index contributed by atoms with van der Waals surface area (Å²) in [6.07, 6.45) is 3.41. The fourth-order valence-corrected chi connectivity index (χ4v) is 4.34. The van der Waals surface area contributed by atoms with Crippen LogP contribution in [-0.2, 0) is 22.5 Å². The van der Waals surface area contributed by atoms with E-state index in [1.54, 1.807) is 11.3 Å². The molecule has 1 fully saturated rings. The molecule has 0 saturated carbocycles. The van der Waals surface area contributed by atoms with E-state index in [1.807, 2.05) is 5.38 Å². The Kier molecular flexibility index (Phi) is 9.93. The number of nitrogens with one attached hydrogen (secondary N) is 1. The van der Waals surface area contributed by atoms with Gasteiger partial charge in [0.05, 0.1) is 12.1 Å². The van der Waals surface area contributed by atoms with Crippen molar-refractivity contribution >= 4 is 17.2 Å². The van der Waals surface area contributed by atoms with E-state index in [-0.39, 0.29) is 5.91 Å². The second-order valence-corrected chi connectivity index (χ2v) is 9.12. The summed E-state index contributed by atoms with van der Waals surface area (Å²) in [4.78, 5) is 21.7. The number of benzene rings is 1. The summed E-state index contributed by atoms with van der Waals surface area (Å²) >= 11 is 1.60. The van der Waals surface area contributed by atoms with Gasteiger partial charge in [-0.1, -0.05) is 37.6 Å². The van der Waals surface area contributed by atoms with Gasteiger partial charge >= 0.3 is 0 Å². The first-order valence-corrected chi connectivity index (χ1v) is 12.3. The molecule has 1 aliphatic rings. The molecule has 2 aromatic rings. The van der Waals surface area contributed by atoms with Crippen LogP contribution in [0.1, 0.15) is 37.4 Å². The molecule has 0 radical (unpaired) electrons. The lowest BCUT2D eigenvalue weighted by atomic mass is 10.1. The first-order chi connectivity index (χ1) is 15.1. The van der Waals surface area contributed by atoms with Crippen molar-refractivity contribution in [3.05, 3.63) is 40.9 Å². The molecule has 1 N–H and O–H groups in total. The Morgan fingerprint density at radius 3 is 2.61 bits per heavy atom. The van der Waals surface area contributed by atoms with E-state index in [0.717, 1.165) is 74.9 Å². The molecule has 1 amide bonds. The monoisotopic (exact) mass is 444 g/mol. The fraction of sp³-hybridized carbons (Fsp3) is 0.583. The first-order valence-electron chi connectivity index (χ1n) is 11.4. The molecule has 6 nitrogen and oxygen atoms in total. The SMILES string of the molecule is CCCCOCCCNC(=O)Cc1csc(-c2ccc(CN3CCN(C)CC3)cc2)n1. The minimum absolute atomic E-state index is 0.0212. The zero-order valence-corrected chi connectivity index (χ0v) is 19.8. The Morgan fingerprint density at radius 1 is 1.13 bits per heavy atom. The van der Waals surface area contributed by atoms with E-state index in [0.29, 0.717) is 19.6 Å². The fourth-order valence-electron chi connectivity index (χ4n) is 3.52. The van der Waals surface area contributed by atoms with Crippen molar-refractivity contribution < 1.29 is 9.53 Å². The number of nitrogens with zero attached hydrogens (tertiary/aromatic N) is 3. The molecule has 31 heavy (non-hydrogen) atoms. The van der Waals surface area contributed by atoms with Gasteiger partial charge in [-0.25, -0.2) is 4.98 Å². The van der Waals surface area contributed by atoms with Gasteiger partial charge in [-0.2, -0.15) is 0 Å². The Hall–Kier alpha value is -1.80. The van der Waals surface area contributed by atoms with Gasteiger partial charge in [-0.15, -0.1) is 11.3 Å². The number of carbonyl (C=O) groups is 1. The second-order valence-electron chi connectivity index (χ2n) is 8.27. The van der Waals surface area contributed by atoms with Gasteiger partial charge < -0.3 is 15.0 Å². The summed E-state index contributed by atoms with van der Waals surface area (Å²) in [7, 11) is 2.18. The highest BCUT2D eigenvalue weighted by atomic mass is 32.1. The lowest BCUT2D eigenvalue weighted by Crippen LogP contribution is -2.43. The smallest absolute Gasteiger partial charge is 0.226 e. The average molecular weight is 445 g/mol. The summed E-state index contributed by atoms with van der Waals surface area (Å²) in [5.41, 5.74) is 3.28. The topological polar surface area (TPSA) is 57.7 Å². The quantitative estimate of drug-likeness (QED) is 0.509. The average Bonchev–Trinajstić information content (AvgIpc) is 3.23. The highest BCUT2D eigenvalue weighted by Crippen LogP contribution is 2.24. The zero-order chi connectivity index (χ0) is 21.9. The number of unbranched alkanes of at least 4 members (excludes halogenated alkanes) is 1. The van der Waals surface area contributed by atoms with Crippen LogP contribution in [0.25, 0.3) is 10.6 Å². The van der Waals surface area contributed by atoms with Crippen molar-refractivity contribution in [2.45, 2.75) is 39.2 Å². The number of amides is 1. The van der Waals surface area contributed by atoms with Gasteiger partial charge in [-0.3, -0.25) is 9.69 Å². The number of hydrogen-bond donors (Lipinski definition) is 1. The Balaban J connectivity index is 1.40. The molecule has 7 heteroatoms. The van der Waals surface area contributed by atoms with E-state index in [1.165, 1.54) is 5.56 Å². The molecule has 1 aromatic carbocycles. The number of likely N-dealkylation sites (N-methyl/N-ethyl adjacent to an activating group) is 1. The maximum atomic E-state index is 12.2. The standard InChI is InChI=1S/C24H36N4O2S/c1-3-4-15-30-16-5-10-25-23(29)17-22-19-31-24(26-22)21-8-6-20(7-9-21)18-28-13-11-27(2)12-14-28/h6-9,19H,3-5,10-18H2,1-2H3,(H,25,29). The molecule has 0 atom stereocenters. The predicted octanol–water partition coefficient (Wildman–Crippen LogP) is 3.42. The van der Waals surface area contributed by atoms with E-state index >= 15 is 0 Å². The summed E-state index contributed by atoms with van der Waals surface area (Å²) < 4.78 is 5.52. The number of hydrogen-bond acceptors (Lipinski definition) is 6. The van der Waals surface area contributed by atoms with Crippen molar-refractivity contribution in [3.8, 4) is 10.6 Å². The Morgan fingerprint density at radius 2 is 1.87 bits per heavy atom. The highest BCUT2D eigenvalue weighted by Gasteiger charge is 2.14. The maximum absolute atomic E-state index is 12.2. The molecule has 170 valence electrons. The van der Waals surface area contributed by atoms with Crippen LogP contribution in [-0.4, -0.2) is 73.7 Å². The third kappa shape index (κ3) is 8.33. The maximum Gasteiger partial charge on any atom is 0.226 e. The molecule has 0 unspecified atom stereocenters. The number of aromatic nitrogens is 1. The third-order valence-corrected chi connectivity index (χ3v) is 6.47. The van der Waals surface area contributed by atoms with Crippen molar-refractivity contribution in [2.24, 2.45) is 0 Å². The number of carbonyl (C=O) groups excluding carboxylic acids is 1. The first kappa shape index (κ1) is 23.9. The van der Waals surface area contributed by atoms with Crippen LogP contribution in [0.4, 0.5) is 0 Å². The van der Waals surface area contributed by atoms with Crippen LogP contribution in [0, 0.1) is 0 Å². The molecule has 2 heterocycles. The largest absolute Gasteiger partial charge is 0.381 e. The number of thiazole rings is 1. The Labute approximate surface area is 190 Å². The van der Waals surface area contributed by atoms with Crippen molar-refractivity contribution in [3.63, 3.8) is 0 Å². The van der Waals surface area contributed by atoms with Crippen molar-refractivity contribution in [1.29, 1.82) is 0 Å². The lowest BCUT2D eigenvalue weighted by Gasteiger charge is -2.32. The van der Waals surface area contributed by atoms with E-state index in [2.05, 4.69) is 58.3 Å². The molecule has 3 rings (SSSR count). The summed E-state index contributed by atoms with van der Waals surface area (Å²) in [5, 5.41) is 5.92. The van der Waals surface area contributed by atoms with Gasteiger partial charge in [0.15, 0.2) is 0 Å². The minimum atomic E-state index is 0.0212. The van der Waals surface area contributed by atoms with Crippen LogP contribution in [0.5, 0.6) is 0 Å². The number of piperazine rings is 1. The zero-order valence-electron chi connectivity index (χ0n) is 18.9. The van der Waals surface area contributed by atoms with E-state index < -0.39 is 0 Å². The van der Waals surface area contributed by atoms with Gasteiger partial charge in [0, 0.05) is 63.4 Å². The van der Waals surface area contributed by atoms with Crippen LogP contribution in [0.3, 0.4) is 0 Å². The molecule has 0 aliphatic carbocycles. The molecule has 1 aromatic heterocycles. The van der Waals surface area contributed by atoms with Crippen LogP contribution < -0.4 is 5.32 Å². The van der Waals surface area contributed by atoms with Crippen LogP contribution >= 0.6 is 11.3 Å². The number of ether oxygens (including phenoxy) is 1. The summed E-state index contributed by atoms with van der Waals surface area (Å²) in [6.45, 7) is 9.84. The molecule has 1 aliphatic heterocycles. The normalized spacial score (nSPS) is 15.3. The van der Waals surface area contributed by atoms with Gasteiger partial charge in [-0.05, 0) is 25.5 Å². The molecule has 0 spiro atoms. The van der Waals surface area contributed by atoms with Gasteiger partial charge in [0.25, 0.3) is 0 Å². The van der Waals surface area contributed by atoms with E-state index in [9.17, 15) is 4.79 Å². The minimum Gasteiger partial charge on any atom is -0.381 e. The molecule has 1 saturated heterocycles. The molecular formula is C24H36N4O2S. The number of rotatable bonds is 12. The summed E-state index contributed by atoms with van der Waals surface area (Å²) in [5.74, 6) is 0.0212. The lowest BCUT2D eigenvalue weighted by molar-refractivity contribution is -0.120. The second kappa shape index (κ2) is 12.9. The Bertz CT molecular complexity index is 785. The predicted molar refractivity (Wildman–Crippen MR) is 127 cm³/mol. The van der Waals surface area contributed by atoms with Crippen LogP contribution in [0.15, 0.2) is 29.6 Å². The van der Waals surface area contributed by atoms with Crippen molar-refractivity contribution in [2.75, 3.05) is 53.0 Å². The molecule has 0 bridgehead atoms. The van der Waals surface area contributed by atoms with Gasteiger partial charge in [0.2, 0.25) is 5.91 Å². The van der Waals surface area contributed by atoms with Crippen molar-refractivity contribution in [1.82, 2.24) is 20.1 Å².